The van der Waals surface area contributed by atoms with E-state index in [4.69, 9.17) is 9.84 Å². The van der Waals surface area contributed by atoms with Gasteiger partial charge in [0.15, 0.2) is 0 Å². The van der Waals surface area contributed by atoms with E-state index in [0.29, 0.717) is 6.04 Å². The number of aliphatic hydroxyl groups excluding tert-OH is 1. The van der Waals surface area contributed by atoms with Gasteiger partial charge in [-0.1, -0.05) is 31.2 Å². The van der Waals surface area contributed by atoms with Crippen molar-refractivity contribution in [1.29, 1.82) is 0 Å². The average molecular weight is 271 g/mol. The molecule has 0 aromatic heterocycles. The molecular formula is C17H21NO2. The molecule has 0 fully saturated rings. The van der Waals surface area contributed by atoms with Crippen LogP contribution in [0.25, 0.3) is 0 Å². The van der Waals surface area contributed by atoms with Crippen LogP contribution in [0, 0.1) is 0 Å². The summed E-state index contributed by atoms with van der Waals surface area (Å²) in [4.78, 5) is 0. The van der Waals surface area contributed by atoms with Gasteiger partial charge in [-0.25, -0.2) is 0 Å². The Bertz CT molecular complexity index is 537. The predicted molar refractivity (Wildman–Crippen MR) is 81.0 cm³/mol. The number of hydrogen-bond donors (Lipinski definition) is 2. The lowest BCUT2D eigenvalue weighted by Gasteiger charge is -2.14. The van der Waals surface area contributed by atoms with Crippen LogP contribution in [0.2, 0.25) is 0 Å². The summed E-state index contributed by atoms with van der Waals surface area (Å²) in [6, 6.07) is 15.9. The van der Waals surface area contributed by atoms with E-state index >= 15 is 0 Å². The van der Waals surface area contributed by atoms with Crippen molar-refractivity contribution in [2.24, 2.45) is 0 Å². The van der Waals surface area contributed by atoms with Gasteiger partial charge in [0.1, 0.15) is 11.5 Å². The second-order valence-corrected chi connectivity index (χ2v) is 4.76. The van der Waals surface area contributed by atoms with Crippen LogP contribution in [0.5, 0.6) is 11.5 Å². The minimum Gasteiger partial charge on any atom is -0.457 e. The molecule has 0 radical (unpaired) electrons. The number of rotatable bonds is 6. The van der Waals surface area contributed by atoms with Crippen LogP contribution in [-0.2, 0) is 6.61 Å². The largest absolute Gasteiger partial charge is 0.457 e. The highest BCUT2D eigenvalue weighted by molar-refractivity contribution is 5.36. The summed E-state index contributed by atoms with van der Waals surface area (Å²) in [5.41, 5.74) is 2.09. The Hall–Kier alpha value is -1.84. The molecule has 106 valence electrons. The molecule has 0 aliphatic rings. The lowest BCUT2D eigenvalue weighted by Crippen LogP contribution is -2.17. The molecule has 0 aliphatic carbocycles. The first-order chi connectivity index (χ1) is 9.72. The van der Waals surface area contributed by atoms with Crippen molar-refractivity contribution in [2.75, 3.05) is 6.54 Å². The average Bonchev–Trinajstić information content (AvgIpc) is 2.48. The van der Waals surface area contributed by atoms with Gasteiger partial charge in [0, 0.05) is 6.04 Å². The first-order valence-corrected chi connectivity index (χ1v) is 6.94. The number of ether oxygens (including phenoxy) is 1. The number of nitrogens with one attached hydrogen (secondary N) is 1. The quantitative estimate of drug-likeness (QED) is 0.842. The predicted octanol–water partition coefficient (Wildman–Crippen LogP) is 3.64. The maximum absolute atomic E-state index is 9.02. The third kappa shape index (κ3) is 3.83. The van der Waals surface area contributed by atoms with Gasteiger partial charge >= 0.3 is 0 Å². The molecule has 1 unspecified atom stereocenters. The standard InChI is InChI=1S/C17H21NO2/c1-3-18-13(2)15-5-4-6-17(11-15)20-16-9-7-14(12-19)8-10-16/h4-11,13,18-19H,3,12H2,1-2H3. The topological polar surface area (TPSA) is 41.5 Å². The van der Waals surface area contributed by atoms with Gasteiger partial charge < -0.3 is 15.2 Å². The summed E-state index contributed by atoms with van der Waals surface area (Å²) in [5.74, 6) is 1.60. The van der Waals surface area contributed by atoms with Gasteiger partial charge in [0.2, 0.25) is 0 Å². The first kappa shape index (κ1) is 14.6. The minimum absolute atomic E-state index is 0.0516. The van der Waals surface area contributed by atoms with Crippen LogP contribution in [0.3, 0.4) is 0 Å². The molecule has 0 heterocycles. The van der Waals surface area contributed by atoms with Crippen LogP contribution in [0.15, 0.2) is 48.5 Å². The number of benzene rings is 2. The Kier molecular flexibility index (Phi) is 5.16. The van der Waals surface area contributed by atoms with E-state index in [1.807, 2.05) is 42.5 Å². The summed E-state index contributed by atoms with van der Waals surface area (Å²) in [6.07, 6.45) is 0. The zero-order valence-electron chi connectivity index (χ0n) is 12.0. The van der Waals surface area contributed by atoms with Crippen molar-refractivity contribution < 1.29 is 9.84 Å². The molecular weight excluding hydrogens is 250 g/mol. The number of hydrogen-bond acceptors (Lipinski definition) is 3. The van der Waals surface area contributed by atoms with E-state index in [1.165, 1.54) is 5.56 Å². The Labute approximate surface area is 120 Å². The van der Waals surface area contributed by atoms with E-state index in [1.54, 1.807) is 0 Å². The van der Waals surface area contributed by atoms with E-state index in [2.05, 4.69) is 25.2 Å². The molecule has 0 spiro atoms. The molecule has 2 rings (SSSR count). The Morgan fingerprint density at radius 1 is 1.10 bits per heavy atom. The summed E-state index contributed by atoms with van der Waals surface area (Å²) >= 11 is 0. The van der Waals surface area contributed by atoms with E-state index in [9.17, 15) is 0 Å². The third-order valence-electron chi connectivity index (χ3n) is 3.21. The summed E-state index contributed by atoms with van der Waals surface area (Å²) in [6.45, 7) is 5.23. The SMILES string of the molecule is CCNC(C)c1cccc(Oc2ccc(CO)cc2)c1. The minimum atomic E-state index is 0.0516. The third-order valence-corrected chi connectivity index (χ3v) is 3.21. The van der Waals surface area contributed by atoms with Crippen LogP contribution in [-0.4, -0.2) is 11.7 Å². The Morgan fingerprint density at radius 3 is 2.50 bits per heavy atom. The van der Waals surface area contributed by atoms with Crippen molar-refractivity contribution in [1.82, 2.24) is 5.32 Å². The summed E-state index contributed by atoms with van der Waals surface area (Å²) < 4.78 is 5.84. The molecule has 0 saturated heterocycles. The fourth-order valence-electron chi connectivity index (χ4n) is 2.07. The summed E-state index contributed by atoms with van der Waals surface area (Å²) in [7, 11) is 0. The fourth-order valence-corrected chi connectivity index (χ4v) is 2.07. The van der Waals surface area contributed by atoms with Gasteiger partial charge in [0.25, 0.3) is 0 Å². The van der Waals surface area contributed by atoms with Gasteiger partial charge in [-0.05, 0) is 48.9 Å². The molecule has 0 saturated carbocycles. The van der Waals surface area contributed by atoms with E-state index in [-0.39, 0.29) is 6.61 Å². The monoisotopic (exact) mass is 271 g/mol. The van der Waals surface area contributed by atoms with Crippen LogP contribution < -0.4 is 10.1 Å². The Balaban J connectivity index is 2.10. The lowest BCUT2D eigenvalue weighted by molar-refractivity contribution is 0.281. The highest BCUT2D eigenvalue weighted by atomic mass is 16.5. The molecule has 0 amide bonds. The molecule has 3 nitrogen and oxygen atoms in total. The van der Waals surface area contributed by atoms with Crippen molar-refractivity contribution >= 4 is 0 Å². The molecule has 0 aliphatic heterocycles. The number of aliphatic hydroxyl groups is 1. The Morgan fingerprint density at radius 2 is 1.85 bits per heavy atom. The maximum atomic E-state index is 9.02. The lowest BCUT2D eigenvalue weighted by atomic mass is 10.1. The van der Waals surface area contributed by atoms with Crippen LogP contribution in [0.1, 0.15) is 31.0 Å². The molecule has 2 aromatic carbocycles. The molecule has 20 heavy (non-hydrogen) atoms. The van der Waals surface area contributed by atoms with Gasteiger partial charge in [-0.15, -0.1) is 0 Å². The van der Waals surface area contributed by atoms with Crippen molar-refractivity contribution in [3.63, 3.8) is 0 Å². The normalized spacial score (nSPS) is 12.2. The zero-order valence-corrected chi connectivity index (χ0v) is 12.0. The highest BCUT2D eigenvalue weighted by Gasteiger charge is 2.05. The molecule has 1 atom stereocenters. The van der Waals surface area contributed by atoms with Crippen molar-refractivity contribution in [3.05, 3.63) is 59.7 Å². The van der Waals surface area contributed by atoms with Crippen LogP contribution >= 0.6 is 0 Å². The molecule has 0 bridgehead atoms. The van der Waals surface area contributed by atoms with Gasteiger partial charge in [-0.3, -0.25) is 0 Å². The smallest absolute Gasteiger partial charge is 0.127 e. The second-order valence-electron chi connectivity index (χ2n) is 4.76. The van der Waals surface area contributed by atoms with Gasteiger partial charge in [0.05, 0.1) is 6.61 Å². The second kappa shape index (κ2) is 7.08. The van der Waals surface area contributed by atoms with E-state index in [0.717, 1.165) is 23.6 Å². The van der Waals surface area contributed by atoms with Crippen molar-refractivity contribution in [2.45, 2.75) is 26.5 Å². The highest BCUT2D eigenvalue weighted by Crippen LogP contribution is 2.24. The van der Waals surface area contributed by atoms with E-state index < -0.39 is 0 Å². The fraction of sp³-hybridized carbons (Fsp3) is 0.294. The van der Waals surface area contributed by atoms with Crippen LogP contribution in [0.4, 0.5) is 0 Å². The summed E-state index contributed by atoms with van der Waals surface area (Å²) in [5, 5.41) is 12.4. The maximum Gasteiger partial charge on any atom is 0.127 e. The zero-order chi connectivity index (χ0) is 14.4. The van der Waals surface area contributed by atoms with Crippen molar-refractivity contribution in [3.8, 4) is 11.5 Å². The first-order valence-electron chi connectivity index (χ1n) is 6.94. The van der Waals surface area contributed by atoms with Gasteiger partial charge in [-0.2, -0.15) is 0 Å². The molecule has 3 heteroatoms. The molecule has 2 N–H and O–H groups in total. The molecule has 2 aromatic rings.